The minimum Gasteiger partial charge on any atom is -0.872 e. The molecule has 7 heteroatoms. The second kappa shape index (κ2) is 16.6. The van der Waals surface area contributed by atoms with Gasteiger partial charge in [0, 0.05) is 0 Å². The molecule has 2 rings (SSSR count). The molecule has 5 nitrogen and oxygen atoms in total. The zero-order valence-corrected chi connectivity index (χ0v) is 23.0. The van der Waals surface area contributed by atoms with Gasteiger partial charge < -0.3 is 9.84 Å². The predicted octanol–water partition coefficient (Wildman–Crippen LogP) is 4.05. The molecule has 2 aromatic carbocycles. The van der Waals surface area contributed by atoms with E-state index in [1.165, 1.54) is 94.5 Å². The summed E-state index contributed by atoms with van der Waals surface area (Å²) in [6.07, 6.45) is 16.0. The van der Waals surface area contributed by atoms with Crippen LogP contribution in [0.1, 0.15) is 89.5 Å². The van der Waals surface area contributed by atoms with Gasteiger partial charge in [0.1, 0.15) is 16.4 Å². The summed E-state index contributed by atoms with van der Waals surface area (Å²) < 4.78 is 38.4. The van der Waals surface area contributed by atoms with E-state index in [1.807, 2.05) is 0 Å². The van der Waals surface area contributed by atoms with Gasteiger partial charge in [0.25, 0.3) is 10.1 Å². The van der Waals surface area contributed by atoms with E-state index in [2.05, 4.69) is 6.92 Å². The van der Waals surface area contributed by atoms with E-state index >= 15 is 0 Å². The summed E-state index contributed by atoms with van der Waals surface area (Å²) in [5.41, 5.74) is 0.863. The van der Waals surface area contributed by atoms with Crippen LogP contribution in [0, 0.1) is 0 Å². The summed E-state index contributed by atoms with van der Waals surface area (Å²) in [5.74, 6) is 0.149. The first-order valence-corrected chi connectivity index (χ1v) is 13.4. The topological polar surface area (TPSA) is 86.7 Å². The molecule has 0 radical (unpaired) electrons. The largest absolute Gasteiger partial charge is 1.00 e. The van der Waals surface area contributed by atoms with Gasteiger partial charge in [-0.15, -0.1) is 5.75 Å². The Bertz CT molecular complexity index is 915. The number of aryl methyl sites for hydroxylation is 1. The number of para-hydroxylation sites is 1. The van der Waals surface area contributed by atoms with E-state index in [4.69, 9.17) is 4.74 Å². The van der Waals surface area contributed by atoms with E-state index in [9.17, 15) is 18.1 Å². The minimum absolute atomic E-state index is 0. The smallest absolute Gasteiger partial charge is 0.872 e. The molecule has 0 unspecified atom stereocenters. The Labute approximate surface area is 222 Å². The van der Waals surface area contributed by atoms with Crippen LogP contribution in [0.4, 0.5) is 0 Å². The predicted molar refractivity (Wildman–Crippen MR) is 127 cm³/mol. The molecule has 178 valence electrons. The minimum atomic E-state index is -4.42. The van der Waals surface area contributed by atoms with Crippen LogP contribution in [0.3, 0.4) is 0 Å². The Balaban J connectivity index is 0.00000544. The second-order valence-electron chi connectivity index (χ2n) is 8.43. The van der Waals surface area contributed by atoms with Crippen LogP contribution in [0.25, 0.3) is 0 Å². The molecular formula is C26H37NaO5S. The van der Waals surface area contributed by atoms with Crippen molar-refractivity contribution in [1.29, 1.82) is 0 Å². The van der Waals surface area contributed by atoms with Crippen molar-refractivity contribution < 1.29 is 52.4 Å². The Kier molecular flexibility index (Phi) is 15.0. The summed E-state index contributed by atoms with van der Waals surface area (Å²) in [6, 6.07) is 10.5. The van der Waals surface area contributed by atoms with Gasteiger partial charge in [0.15, 0.2) is 0 Å². The maximum absolute atomic E-state index is 11.8. The van der Waals surface area contributed by atoms with Crippen LogP contribution in [-0.2, 0) is 16.5 Å². The van der Waals surface area contributed by atoms with Gasteiger partial charge in [-0.3, -0.25) is 4.55 Å². The van der Waals surface area contributed by atoms with Crippen molar-refractivity contribution in [1.82, 2.24) is 0 Å². The fraction of sp³-hybridized carbons (Fsp3) is 0.538. The number of benzene rings is 2. The average molecular weight is 485 g/mol. The van der Waals surface area contributed by atoms with Crippen molar-refractivity contribution in [2.75, 3.05) is 0 Å². The molecular weight excluding hydrogens is 447 g/mol. The van der Waals surface area contributed by atoms with Gasteiger partial charge in [-0.25, -0.2) is 0 Å². The zero-order chi connectivity index (χ0) is 23.2. The van der Waals surface area contributed by atoms with Crippen LogP contribution >= 0.6 is 0 Å². The molecule has 0 saturated heterocycles. The van der Waals surface area contributed by atoms with E-state index in [0.717, 1.165) is 24.8 Å². The van der Waals surface area contributed by atoms with E-state index in [1.54, 1.807) is 12.1 Å². The Hall–Kier alpha value is -1.05. The van der Waals surface area contributed by atoms with Crippen molar-refractivity contribution in [3.8, 4) is 17.2 Å². The fourth-order valence-corrected chi connectivity index (χ4v) is 4.47. The molecule has 0 fully saturated rings. The number of unbranched alkanes of at least 4 members (excludes halogenated alkanes) is 11. The SMILES string of the molecule is CCCCCCCCCCCCCCc1ccc([O-])cc1Oc1ccccc1S(=O)(=O)O.[Na+]. The van der Waals surface area contributed by atoms with Crippen molar-refractivity contribution in [2.24, 2.45) is 0 Å². The maximum Gasteiger partial charge on any atom is 1.00 e. The van der Waals surface area contributed by atoms with Crippen LogP contribution in [0.5, 0.6) is 17.2 Å². The van der Waals surface area contributed by atoms with Gasteiger partial charge in [-0.2, -0.15) is 8.42 Å². The zero-order valence-electron chi connectivity index (χ0n) is 20.2. The van der Waals surface area contributed by atoms with E-state index in [-0.39, 0.29) is 46.0 Å². The third kappa shape index (κ3) is 11.8. The maximum atomic E-state index is 11.8. The van der Waals surface area contributed by atoms with Crippen LogP contribution in [-0.4, -0.2) is 13.0 Å². The third-order valence-corrected chi connectivity index (χ3v) is 6.58. The summed E-state index contributed by atoms with van der Waals surface area (Å²) in [5, 5.41) is 11.8. The second-order valence-corrected chi connectivity index (χ2v) is 9.82. The van der Waals surface area contributed by atoms with Crippen LogP contribution in [0.2, 0.25) is 0 Å². The summed E-state index contributed by atoms with van der Waals surface area (Å²) in [6.45, 7) is 2.25. The van der Waals surface area contributed by atoms with Gasteiger partial charge in [0.05, 0.1) is 0 Å². The van der Waals surface area contributed by atoms with E-state index in [0.29, 0.717) is 5.75 Å². The number of ether oxygens (including phenoxy) is 1. The molecule has 0 heterocycles. The first-order chi connectivity index (χ1) is 15.4. The average Bonchev–Trinajstić information content (AvgIpc) is 2.75. The molecule has 2 aromatic rings. The summed E-state index contributed by atoms with van der Waals surface area (Å²) in [4.78, 5) is -0.312. The summed E-state index contributed by atoms with van der Waals surface area (Å²) >= 11 is 0. The van der Waals surface area contributed by atoms with Crippen molar-refractivity contribution in [3.63, 3.8) is 0 Å². The molecule has 0 aromatic heterocycles. The van der Waals surface area contributed by atoms with Crippen LogP contribution in [0.15, 0.2) is 47.4 Å². The quantitative estimate of drug-likeness (QED) is 0.221. The molecule has 0 aliphatic carbocycles. The number of hydrogen-bond acceptors (Lipinski definition) is 4. The molecule has 0 spiro atoms. The fourth-order valence-electron chi connectivity index (χ4n) is 3.86. The van der Waals surface area contributed by atoms with Gasteiger partial charge in [-0.05, 0) is 36.6 Å². The Morgan fingerprint density at radius 2 is 1.33 bits per heavy atom. The molecule has 0 aliphatic rings. The molecule has 0 amide bonds. The molecule has 0 bridgehead atoms. The van der Waals surface area contributed by atoms with Gasteiger partial charge >= 0.3 is 29.6 Å². The molecule has 1 N–H and O–H groups in total. The van der Waals surface area contributed by atoms with Crippen LogP contribution < -0.4 is 39.4 Å². The summed E-state index contributed by atoms with van der Waals surface area (Å²) in [7, 11) is -4.42. The molecule has 0 atom stereocenters. The molecule has 0 saturated carbocycles. The van der Waals surface area contributed by atoms with Gasteiger partial charge in [-0.1, -0.05) is 102 Å². The first kappa shape index (κ1) is 30.0. The normalized spacial score (nSPS) is 11.2. The van der Waals surface area contributed by atoms with Crippen molar-refractivity contribution in [3.05, 3.63) is 48.0 Å². The van der Waals surface area contributed by atoms with Gasteiger partial charge in [0.2, 0.25) is 0 Å². The standard InChI is InChI=1S/C26H38O5S.Na/c1-2-3-4-5-6-7-8-9-10-11-12-13-16-22-19-20-23(27)21-25(22)31-24-17-14-15-18-26(24)32(28,29)30;/h14-15,17-21,27H,2-13,16H2,1H3,(H,28,29,30);/q;+1/p-1. The van der Waals surface area contributed by atoms with Crippen molar-refractivity contribution in [2.45, 2.75) is 95.3 Å². The monoisotopic (exact) mass is 484 g/mol. The first-order valence-electron chi connectivity index (χ1n) is 12.0. The van der Waals surface area contributed by atoms with Crippen molar-refractivity contribution >= 4 is 10.1 Å². The molecule has 33 heavy (non-hydrogen) atoms. The number of hydrogen-bond donors (Lipinski definition) is 1. The number of rotatable bonds is 16. The Morgan fingerprint density at radius 3 is 1.91 bits per heavy atom. The third-order valence-electron chi connectivity index (χ3n) is 5.69. The van der Waals surface area contributed by atoms with E-state index < -0.39 is 10.1 Å². The molecule has 0 aliphatic heterocycles. The Morgan fingerprint density at radius 1 is 0.788 bits per heavy atom.